The minimum Gasteiger partial charge on any atom is -0.300 e. The number of hydrogen-bond donors (Lipinski definition) is 0. The first-order valence-electron chi connectivity index (χ1n) is 7.47. The molecule has 0 amide bonds. The van der Waals surface area contributed by atoms with Crippen LogP contribution in [0.15, 0.2) is 12.2 Å². The summed E-state index contributed by atoms with van der Waals surface area (Å²) in [7, 11) is 0. The average Bonchev–Trinajstić information content (AvgIpc) is 2.30. The Morgan fingerprint density at radius 2 is 1.53 bits per heavy atom. The van der Waals surface area contributed by atoms with Crippen molar-refractivity contribution in [3.63, 3.8) is 0 Å². The number of ketones is 1. The molecule has 0 aromatic rings. The Morgan fingerprint density at radius 1 is 0.941 bits per heavy atom. The standard InChI is InChI=1S/C16H28O/c1-15-12-10-8-6-4-2-3-5-7-9-11-13-16(17)14-15/h10,12,15H,2-9,11,13-14H2,1H3/t15-/m1/s1. The molecule has 1 heteroatoms. The first-order valence-corrected chi connectivity index (χ1v) is 7.47. The van der Waals surface area contributed by atoms with E-state index in [0.29, 0.717) is 11.7 Å². The van der Waals surface area contributed by atoms with Crippen molar-refractivity contribution in [2.75, 3.05) is 0 Å². The van der Waals surface area contributed by atoms with Gasteiger partial charge in [0.15, 0.2) is 0 Å². The van der Waals surface area contributed by atoms with Crippen molar-refractivity contribution in [1.29, 1.82) is 0 Å². The summed E-state index contributed by atoms with van der Waals surface area (Å²) in [4.78, 5) is 11.7. The van der Waals surface area contributed by atoms with Crippen LogP contribution in [0.3, 0.4) is 0 Å². The van der Waals surface area contributed by atoms with E-state index in [1.165, 1.54) is 51.4 Å². The summed E-state index contributed by atoms with van der Waals surface area (Å²) < 4.78 is 0. The summed E-state index contributed by atoms with van der Waals surface area (Å²) in [5.74, 6) is 0.893. The zero-order chi connectivity index (χ0) is 12.3. The minimum atomic E-state index is 0.438. The SMILES string of the molecule is C[C@@H]1C=CCCCCCCCCCCC(=O)C1. The van der Waals surface area contributed by atoms with E-state index in [4.69, 9.17) is 0 Å². The van der Waals surface area contributed by atoms with Crippen LogP contribution in [0.25, 0.3) is 0 Å². The summed E-state index contributed by atoms with van der Waals surface area (Å²) in [6, 6.07) is 0. The third kappa shape index (κ3) is 8.18. The second kappa shape index (κ2) is 9.44. The van der Waals surface area contributed by atoms with E-state index < -0.39 is 0 Å². The van der Waals surface area contributed by atoms with Gasteiger partial charge in [0.2, 0.25) is 0 Å². The second-order valence-electron chi connectivity index (χ2n) is 5.52. The van der Waals surface area contributed by atoms with Gasteiger partial charge in [-0.05, 0) is 25.2 Å². The fourth-order valence-corrected chi connectivity index (χ4v) is 2.50. The van der Waals surface area contributed by atoms with Crippen molar-refractivity contribution in [1.82, 2.24) is 0 Å². The molecule has 0 saturated heterocycles. The molecule has 17 heavy (non-hydrogen) atoms. The summed E-state index contributed by atoms with van der Waals surface area (Å²) in [5.41, 5.74) is 0. The normalized spacial score (nSPS) is 26.2. The van der Waals surface area contributed by atoms with Crippen molar-refractivity contribution in [3.05, 3.63) is 12.2 Å². The molecule has 1 aliphatic rings. The molecule has 0 heterocycles. The highest BCUT2D eigenvalue weighted by molar-refractivity contribution is 5.78. The van der Waals surface area contributed by atoms with Crippen LogP contribution in [0.2, 0.25) is 0 Å². The van der Waals surface area contributed by atoms with Gasteiger partial charge in [-0.1, -0.05) is 57.6 Å². The quantitative estimate of drug-likeness (QED) is 0.538. The van der Waals surface area contributed by atoms with Crippen LogP contribution < -0.4 is 0 Å². The number of hydrogen-bond acceptors (Lipinski definition) is 1. The molecule has 0 unspecified atom stereocenters. The first kappa shape index (κ1) is 14.5. The van der Waals surface area contributed by atoms with Gasteiger partial charge in [-0.25, -0.2) is 0 Å². The Kier molecular flexibility index (Phi) is 8.04. The number of carbonyl (C=O) groups excluding carboxylic acids is 1. The maximum absolute atomic E-state index is 11.7. The molecule has 0 N–H and O–H groups in total. The van der Waals surface area contributed by atoms with Crippen molar-refractivity contribution in [3.8, 4) is 0 Å². The molecular weight excluding hydrogens is 208 g/mol. The van der Waals surface area contributed by atoms with Gasteiger partial charge in [-0.3, -0.25) is 4.79 Å². The fraction of sp³-hybridized carbons (Fsp3) is 0.812. The molecule has 0 fully saturated rings. The summed E-state index contributed by atoms with van der Waals surface area (Å²) >= 11 is 0. The van der Waals surface area contributed by atoms with E-state index in [1.54, 1.807) is 0 Å². The summed E-state index contributed by atoms with van der Waals surface area (Å²) in [5, 5.41) is 0. The highest BCUT2D eigenvalue weighted by atomic mass is 16.1. The van der Waals surface area contributed by atoms with Gasteiger partial charge in [-0.15, -0.1) is 0 Å². The molecular formula is C16H28O. The smallest absolute Gasteiger partial charge is 0.133 e. The molecule has 1 nitrogen and oxygen atoms in total. The summed E-state index contributed by atoms with van der Waals surface area (Å²) in [6.45, 7) is 2.16. The van der Waals surface area contributed by atoms with Crippen molar-refractivity contribution < 1.29 is 4.79 Å². The van der Waals surface area contributed by atoms with Gasteiger partial charge in [0.25, 0.3) is 0 Å². The van der Waals surface area contributed by atoms with Crippen LogP contribution in [0, 0.1) is 5.92 Å². The maximum atomic E-state index is 11.7. The van der Waals surface area contributed by atoms with Gasteiger partial charge < -0.3 is 0 Å². The molecule has 1 atom stereocenters. The third-order valence-corrected chi connectivity index (χ3v) is 3.59. The van der Waals surface area contributed by atoms with E-state index in [0.717, 1.165) is 19.3 Å². The Labute approximate surface area is 107 Å². The Hall–Kier alpha value is -0.590. The molecule has 1 rings (SSSR count). The van der Waals surface area contributed by atoms with Crippen LogP contribution in [-0.2, 0) is 4.79 Å². The number of carbonyl (C=O) groups is 1. The fourth-order valence-electron chi connectivity index (χ4n) is 2.50. The van der Waals surface area contributed by atoms with Gasteiger partial charge in [-0.2, -0.15) is 0 Å². The van der Waals surface area contributed by atoms with E-state index >= 15 is 0 Å². The van der Waals surface area contributed by atoms with Crippen LogP contribution in [0.5, 0.6) is 0 Å². The van der Waals surface area contributed by atoms with Crippen LogP contribution in [-0.4, -0.2) is 5.78 Å². The topological polar surface area (TPSA) is 17.1 Å². The van der Waals surface area contributed by atoms with Gasteiger partial charge in [0.1, 0.15) is 5.78 Å². The van der Waals surface area contributed by atoms with Crippen LogP contribution in [0.1, 0.15) is 77.6 Å². The molecule has 0 aromatic carbocycles. The molecule has 1 aliphatic carbocycles. The van der Waals surface area contributed by atoms with E-state index in [9.17, 15) is 4.79 Å². The molecule has 0 aromatic heterocycles. The van der Waals surface area contributed by atoms with Gasteiger partial charge >= 0.3 is 0 Å². The highest BCUT2D eigenvalue weighted by Gasteiger charge is 2.06. The number of allylic oxidation sites excluding steroid dienone is 2. The molecule has 0 aliphatic heterocycles. The van der Waals surface area contributed by atoms with Gasteiger partial charge in [0, 0.05) is 12.8 Å². The average molecular weight is 236 g/mol. The predicted octanol–water partition coefficient (Wildman–Crippen LogP) is 5.05. The third-order valence-electron chi connectivity index (χ3n) is 3.59. The molecule has 0 spiro atoms. The lowest BCUT2D eigenvalue weighted by atomic mass is 10.00. The van der Waals surface area contributed by atoms with Crippen molar-refractivity contribution >= 4 is 5.78 Å². The molecule has 98 valence electrons. The highest BCUT2D eigenvalue weighted by Crippen LogP contribution is 2.14. The first-order chi connectivity index (χ1) is 8.29. The lowest BCUT2D eigenvalue weighted by Gasteiger charge is -2.05. The Morgan fingerprint density at radius 3 is 2.24 bits per heavy atom. The lowest BCUT2D eigenvalue weighted by molar-refractivity contribution is -0.119. The molecule has 0 saturated carbocycles. The maximum Gasteiger partial charge on any atom is 0.133 e. The van der Waals surface area contributed by atoms with Crippen molar-refractivity contribution in [2.24, 2.45) is 5.92 Å². The lowest BCUT2D eigenvalue weighted by Crippen LogP contribution is -2.03. The molecule has 0 bridgehead atoms. The van der Waals surface area contributed by atoms with Crippen molar-refractivity contribution in [2.45, 2.75) is 77.6 Å². The van der Waals surface area contributed by atoms with Crippen LogP contribution >= 0.6 is 0 Å². The number of rotatable bonds is 0. The monoisotopic (exact) mass is 236 g/mol. The second-order valence-corrected chi connectivity index (χ2v) is 5.52. The van der Waals surface area contributed by atoms with E-state index in [2.05, 4.69) is 19.1 Å². The van der Waals surface area contributed by atoms with E-state index in [1.807, 2.05) is 0 Å². The van der Waals surface area contributed by atoms with Gasteiger partial charge in [0.05, 0.1) is 0 Å². The predicted molar refractivity (Wildman–Crippen MR) is 74.1 cm³/mol. The zero-order valence-corrected chi connectivity index (χ0v) is 11.4. The summed E-state index contributed by atoms with van der Waals surface area (Å²) in [6.07, 6.45) is 17.8. The Balaban J connectivity index is 2.31. The number of Topliss-reactive ketones (excluding diaryl/α,β-unsaturated/α-hetero) is 1. The zero-order valence-electron chi connectivity index (χ0n) is 11.4. The molecule has 0 radical (unpaired) electrons. The minimum absolute atomic E-state index is 0.438. The Bertz CT molecular complexity index is 230. The van der Waals surface area contributed by atoms with Crippen LogP contribution in [0.4, 0.5) is 0 Å². The largest absolute Gasteiger partial charge is 0.300 e. The van der Waals surface area contributed by atoms with E-state index in [-0.39, 0.29) is 0 Å².